The quantitative estimate of drug-likeness (QED) is 0.812. The topological polar surface area (TPSA) is 61.8 Å². The van der Waals surface area contributed by atoms with Gasteiger partial charge in [-0.2, -0.15) is 0 Å². The number of ether oxygens (including phenoxy) is 1. The van der Waals surface area contributed by atoms with E-state index in [1.54, 1.807) is 0 Å². The van der Waals surface area contributed by atoms with E-state index in [2.05, 4.69) is 5.32 Å². The van der Waals surface area contributed by atoms with Crippen LogP contribution in [0.4, 0.5) is 11.4 Å². The Morgan fingerprint density at radius 3 is 2.77 bits per heavy atom. The summed E-state index contributed by atoms with van der Waals surface area (Å²) in [5.74, 6) is 0.0330. The second-order valence-electron chi connectivity index (χ2n) is 5.77. The number of carbonyl (C=O) groups is 1. The largest absolute Gasteiger partial charge is 0.395 e. The molecule has 122 valence electrons. The van der Waals surface area contributed by atoms with Crippen LogP contribution in [0.5, 0.6) is 0 Å². The second-order valence-corrected chi connectivity index (χ2v) is 5.77. The number of hydrogen-bond acceptors (Lipinski definition) is 4. The zero-order valence-corrected chi connectivity index (χ0v) is 13.3. The van der Waals surface area contributed by atoms with Gasteiger partial charge in [-0.25, -0.2) is 0 Å². The number of likely N-dealkylation sites (N-methyl/N-ethyl adjacent to an activating group) is 1. The van der Waals surface area contributed by atoms with Crippen LogP contribution in [0.25, 0.3) is 0 Å². The van der Waals surface area contributed by atoms with E-state index in [4.69, 9.17) is 9.84 Å². The normalized spacial score (nSPS) is 18.0. The van der Waals surface area contributed by atoms with E-state index in [0.717, 1.165) is 37.2 Å². The lowest BCUT2D eigenvalue weighted by Crippen LogP contribution is -2.22. The van der Waals surface area contributed by atoms with Crippen LogP contribution in [-0.2, 0) is 9.53 Å². The fourth-order valence-corrected chi connectivity index (χ4v) is 2.63. The third kappa shape index (κ3) is 5.31. The summed E-state index contributed by atoms with van der Waals surface area (Å²) in [5.41, 5.74) is 1.82. The van der Waals surface area contributed by atoms with Crippen molar-refractivity contribution in [1.82, 2.24) is 0 Å². The van der Waals surface area contributed by atoms with Crippen LogP contribution in [0.1, 0.15) is 32.1 Å². The molecule has 1 aromatic rings. The number of aliphatic hydroxyl groups is 1. The minimum atomic E-state index is 0.0330. The van der Waals surface area contributed by atoms with Gasteiger partial charge in [0.1, 0.15) is 0 Å². The van der Waals surface area contributed by atoms with E-state index in [0.29, 0.717) is 13.0 Å². The van der Waals surface area contributed by atoms with Crippen molar-refractivity contribution >= 4 is 17.3 Å². The molecule has 1 fully saturated rings. The van der Waals surface area contributed by atoms with Crippen molar-refractivity contribution in [1.29, 1.82) is 0 Å². The monoisotopic (exact) mass is 306 g/mol. The van der Waals surface area contributed by atoms with Gasteiger partial charge in [-0.15, -0.1) is 0 Å². The van der Waals surface area contributed by atoms with Gasteiger partial charge in [-0.05, 0) is 49.9 Å². The average molecular weight is 306 g/mol. The molecule has 0 spiro atoms. The Kier molecular flexibility index (Phi) is 6.68. The molecular weight excluding hydrogens is 280 g/mol. The minimum absolute atomic E-state index is 0.0330. The maximum Gasteiger partial charge on any atom is 0.224 e. The van der Waals surface area contributed by atoms with E-state index in [-0.39, 0.29) is 18.6 Å². The molecule has 0 saturated carbocycles. The van der Waals surface area contributed by atoms with Gasteiger partial charge in [-0.1, -0.05) is 0 Å². The predicted octanol–water partition coefficient (Wildman–Crippen LogP) is 2.40. The highest BCUT2D eigenvalue weighted by atomic mass is 16.5. The predicted molar refractivity (Wildman–Crippen MR) is 88.3 cm³/mol. The van der Waals surface area contributed by atoms with Crippen molar-refractivity contribution in [2.45, 2.75) is 38.2 Å². The Labute approximate surface area is 132 Å². The van der Waals surface area contributed by atoms with Crippen LogP contribution < -0.4 is 10.2 Å². The molecule has 22 heavy (non-hydrogen) atoms. The molecule has 2 rings (SSSR count). The Bertz CT molecular complexity index is 455. The van der Waals surface area contributed by atoms with Gasteiger partial charge in [-0.3, -0.25) is 4.79 Å². The lowest BCUT2D eigenvalue weighted by Gasteiger charge is -2.22. The summed E-state index contributed by atoms with van der Waals surface area (Å²) in [5, 5.41) is 11.8. The summed E-state index contributed by atoms with van der Waals surface area (Å²) in [6, 6.07) is 7.65. The highest BCUT2D eigenvalue weighted by Crippen LogP contribution is 2.19. The van der Waals surface area contributed by atoms with Gasteiger partial charge in [0.25, 0.3) is 0 Å². The number of nitrogens with one attached hydrogen (secondary N) is 1. The van der Waals surface area contributed by atoms with E-state index in [9.17, 15) is 4.79 Å². The molecule has 1 aliphatic heterocycles. The minimum Gasteiger partial charge on any atom is -0.395 e. The zero-order valence-electron chi connectivity index (χ0n) is 13.3. The summed E-state index contributed by atoms with van der Waals surface area (Å²) in [6.07, 6.45) is 4.95. The van der Waals surface area contributed by atoms with Gasteiger partial charge < -0.3 is 20.1 Å². The SMILES string of the molecule is CN(CCO)c1ccc(NC(=O)CCC2CCCCO2)cc1. The zero-order chi connectivity index (χ0) is 15.8. The van der Waals surface area contributed by atoms with E-state index in [1.807, 2.05) is 36.2 Å². The molecule has 1 amide bonds. The van der Waals surface area contributed by atoms with Crippen molar-refractivity contribution in [3.05, 3.63) is 24.3 Å². The molecule has 1 atom stereocenters. The van der Waals surface area contributed by atoms with E-state index in [1.165, 1.54) is 6.42 Å². The molecule has 1 aromatic carbocycles. The Balaban J connectivity index is 1.76. The highest BCUT2D eigenvalue weighted by molar-refractivity contribution is 5.90. The number of hydrogen-bond donors (Lipinski definition) is 2. The number of carbonyl (C=O) groups excluding carboxylic acids is 1. The van der Waals surface area contributed by atoms with E-state index >= 15 is 0 Å². The lowest BCUT2D eigenvalue weighted by atomic mass is 10.0. The molecule has 5 nitrogen and oxygen atoms in total. The van der Waals surface area contributed by atoms with Crippen molar-refractivity contribution in [2.24, 2.45) is 0 Å². The summed E-state index contributed by atoms with van der Waals surface area (Å²) in [6.45, 7) is 1.54. The average Bonchev–Trinajstić information content (AvgIpc) is 2.55. The van der Waals surface area contributed by atoms with Crippen LogP contribution in [0, 0.1) is 0 Å². The molecule has 1 aliphatic rings. The molecule has 5 heteroatoms. The molecule has 1 saturated heterocycles. The molecular formula is C17H26N2O3. The first-order valence-electron chi connectivity index (χ1n) is 8.02. The molecule has 0 aromatic heterocycles. The van der Waals surface area contributed by atoms with Gasteiger partial charge in [0.05, 0.1) is 12.7 Å². The van der Waals surface area contributed by atoms with Gasteiger partial charge in [0, 0.05) is 38.0 Å². The van der Waals surface area contributed by atoms with Crippen LogP contribution in [-0.4, -0.2) is 43.9 Å². The number of benzene rings is 1. The number of rotatable bonds is 7. The van der Waals surface area contributed by atoms with Crippen LogP contribution in [0.15, 0.2) is 24.3 Å². The molecule has 0 aliphatic carbocycles. The van der Waals surface area contributed by atoms with Gasteiger partial charge in [0.15, 0.2) is 0 Å². The summed E-state index contributed by atoms with van der Waals surface area (Å²) in [7, 11) is 1.92. The fraction of sp³-hybridized carbons (Fsp3) is 0.588. The number of aliphatic hydroxyl groups excluding tert-OH is 1. The van der Waals surface area contributed by atoms with E-state index < -0.39 is 0 Å². The van der Waals surface area contributed by atoms with Crippen LogP contribution in [0.2, 0.25) is 0 Å². The Morgan fingerprint density at radius 1 is 1.36 bits per heavy atom. The molecule has 0 bridgehead atoms. The third-order valence-corrected chi connectivity index (χ3v) is 3.99. The van der Waals surface area contributed by atoms with Crippen molar-refractivity contribution in [3.63, 3.8) is 0 Å². The molecule has 1 unspecified atom stereocenters. The summed E-state index contributed by atoms with van der Waals surface area (Å²) >= 11 is 0. The first kappa shape index (κ1) is 16.8. The van der Waals surface area contributed by atoms with Crippen molar-refractivity contribution in [3.8, 4) is 0 Å². The van der Waals surface area contributed by atoms with Crippen LogP contribution >= 0.6 is 0 Å². The first-order chi connectivity index (χ1) is 10.7. The standard InChI is InChI=1S/C17H26N2O3/c1-19(11-12-20)15-7-5-14(6-8-15)18-17(21)10-9-16-4-2-3-13-22-16/h5-8,16,20H,2-4,9-13H2,1H3,(H,18,21). The first-order valence-corrected chi connectivity index (χ1v) is 8.02. The summed E-state index contributed by atoms with van der Waals surface area (Å²) < 4.78 is 5.64. The van der Waals surface area contributed by atoms with Gasteiger partial charge in [0.2, 0.25) is 5.91 Å². The highest BCUT2D eigenvalue weighted by Gasteiger charge is 2.15. The molecule has 2 N–H and O–H groups in total. The molecule has 1 heterocycles. The second kappa shape index (κ2) is 8.76. The summed E-state index contributed by atoms with van der Waals surface area (Å²) in [4.78, 5) is 13.9. The van der Waals surface area contributed by atoms with Gasteiger partial charge >= 0.3 is 0 Å². The maximum absolute atomic E-state index is 12.0. The Morgan fingerprint density at radius 2 is 2.14 bits per heavy atom. The number of anilines is 2. The van der Waals surface area contributed by atoms with Crippen LogP contribution in [0.3, 0.4) is 0 Å². The smallest absolute Gasteiger partial charge is 0.224 e. The Hall–Kier alpha value is -1.59. The maximum atomic E-state index is 12.0. The van der Waals surface area contributed by atoms with Crippen molar-refractivity contribution < 1.29 is 14.6 Å². The molecule has 0 radical (unpaired) electrons. The fourth-order valence-electron chi connectivity index (χ4n) is 2.63. The number of nitrogens with zero attached hydrogens (tertiary/aromatic N) is 1. The number of amides is 1. The third-order valence-electron chi connectivity index (χ3n) is 3.99. The lowest BCUT2D eigenvalue weighted by molar-refractivity contribution is -0.117. The van der Waals surface area contributed by atoms with Crippen molar-refractivity contribution in [2.75, 3.05) is 37.0 Å².